The van der Waals surface area contributed by atoms with Crippen molar-refractivity contribution >= 4 is 0 Å². The fourth-order valence-electron chi connectivity index (χ4n) is 2.06. The van der Waals surface area contributed by atoms with Gasteiger partial charge >= 0.3 is 0 Å². The van der Waals surface area contributed by atoms with Gasteiger partial charge in [0.2, 0.25) is 0 Å². The zero-order valence-corrected chi connectivity index (χ0v) is 11.2. The minimum absolute atomic E-state index is 0.448. The van der Waals surface area contributed by atoms with Crippen LogP contribution >= 0.6 is 0 Å². The second kappa shape index (κ2) is 5.49. The van der Waals surface area contributed by atoms with Crippen LogP contribution in [0.2, 0.25) is 0 Å². The summed E-state index contributed by atoms with van der Waals surface area (Å²) in [6, 6.07) is 10.3. The average Bonchev–Trinajstić information content (AvgIpc) is 3.13. The molecule has 3 heteroatoms. The standard InChI is InChI=1S/C16H19NO2/c1-2-17-11-16-15(9-10-18-16)12-3-5-13(6-4-12)19-14-7-8-14/h3-6,9-10,14,17H,2,7-8,11H2,1H3. The SMILES string of the molecule is CCNCc1occc1-c1ccc(OC2CC2)cc1. The minimum Gasteiger partial charge on any atom is -0.490 e. The predicted octanol–water partition coefficient (Wildman–Crippen LogP) is 3.60. The lowest BCUT2D eigenvalue weighted by Gasteiger charge is -2.06. The first-order valence-corrected chi connectivity index (χ1v) is 6.91. The molecule has 1 N–H and O–H groups in total. The van der Waals surface area contributed by atoms with Gasteiger partial charge in [0, 0.05) is 5.56 Å². The van der Waals surface area contributed by atoms with Crippen LogP contribution in [-0.4, -0.2) is 12.6 Å². The van der Waals surface area contributed by atoms with Crippen molar-refractivity contribution in [2.75, 3.05) is 6.54 Å². The summed E-state index contributed by atoms with van der Waals surface area (Å²) >= 11 is 0. The van der Waals surface area contributed by atoms with Gasteiger partial charge in [0.25, 0.3) is 0 Å². The third kappa shape index (κ3) is 2.99. The maximum absolute atomic E-state index is 5.76. The second-order valence-electron chi connectivity index (χ2n) is 4.88. The number of benzene rings is 1. The molecule has 3 nitrogen and oxygen atoms in total. The van der Waals surface area contributed by atoms with Crippen molar-refractivity contribution in [3.8, 4) is 16.9 Å². The molecule has 0 spiro atoms. The lowest BCUT2D eigenvalue weighted by molar-refractivity contribution is 0.303. The van der Waals surface area contributed by atoms with Gasteiger partial charge in [-0.25, -0.2) is 0 Å². The third-order valence-electron chi connectivity index (χ3n) is 3.27. The number of ether oxygens (including phenoxy) is 1. The summed E-state index contributed by atoms with van der Waals surface area (Å²) in [4.78, 5) is 0. The molecule has 1 heterocycles. The molecule has 1 fully saturated rings. The predicted molar refractivity (Wildman–Crippen MR) is 75.2 cm³/mol. The van der Waals surface area contributed by atoms with Gasteiger partial charge in [0.15, 0.2) is 0 Å². The van der Waals surface area contributed by atoms with Crippen LogP contribution in [0.25, 0.3) is 11.1 Å². The monoisotopic (exact) mass is 257 g/mol. The molecule has 100 valence electrons. The summed E-state index contributed by atoms with van der Waals surface area (Å²) in [7, 11) is 0. The van der Waals surface area contributed by atoms with E-state index in [4.69, 9.17) is 9.15 Å². The summed E-state index contributed by atoms with van der Waals surface area (Å²) in [5, 5.41) is 3.29. The molecule has 0 bridgehead atoms. The molecule has 1 aliphatic rings. The van der Waals surface area contributed by atoms with E-state index in [0.717, 1.165) is 30.2 Å². The lowest BCUT2D eigenvalue weighted by atomic mass is 10.1. The highest BCUT2D eigenvalue weighted by Gasteiger charge is 2.23. The highest BCUT2D eigenvalue weighted by Crippen LogP contribution is 2.30. The Morgan fingerprint density at radius 3 is 2.68 bits per heavy atom. The fourth-order valence-corrected chi connectivity index (χ4v) is 2.06. The number of nitrogens with one attached hydrogen (secondary N) is 1. The van der Waals surface area contributed by atoms with E-state index in [-0.39, 0.29) is 0 Å². The molecule has 1 aromatic carbocycles. The maximum atomic E-state index is 5.76. The average molecular weight is 257 g/mol. The van der Waals surface area contributed by atoms with E-state index >= 15 is 0 Å². The zero-order valence-electron chi connectivity index (χ0n) is 11.2. The summed E-state index contributed by atoms with van der Waals surface area (Å²) in [5.74, 6) is 1.95. The maximum Gasteiger partial charge on any atom is 0.125 e. The molecule has 0 unspecified atom stereocenters. The van der Waals surface area contributed by atoms with Crippen molar-refractivity contribution in [2.45, 2.75) is 32.4 Å². The molecule has 19 heavy (non-hydrogen) atoms. The van der Waals surface area contributed by atoms with Crippen LogP contribution in [0.4, 0.5) is 0 Å². The highest BCUT2D eigenvalue weighted by molar-refractivity contribution is 5.66. The second-order valence-corrected chi connectivity index (χ2v) is 4.88. The quantitative estimate of drug-likeness (QED) is 0.858. The van der Waals surface area contributed by atoms with E-state index in [9.17, 15) is 0 Å². The number of rotatable bonds is 6. The Morgan fingerprint density at radius 1 is 1.21 bits per heavy atom. The van der Waals surface area contributed by atoms with Gasteiger partial charge in [-0.3, -0.25) is 0 Å². The summed E-state index contributed by atoms with van der Waals surface area (Å²) in [5.41, 5.74) is 2.32. The summed E-state index contributed by atoms with van der Waals surface area (Å²) < 4.78 is 11.3. The largest absolute Gasteiger partial charge is 0.490 e. The molecule has 0 aliphatic heterocycles. The minimum atomic E-state index is 0.448. The van der Waals surface area contributed by atoms with Crippen LogP contribution in [0.15, 0.2) is 41.0 Å². The van der Waals surface area contributed by atoms with Crippen LogP contribution in [0.5, 0.6) is 5.75 Å². The number of hydrogen-bond acceptors (Lipinski definition) is 3. The third-order valence-corrected chi connectivity index (χ3v) is 3.27. The first-order valence-electron chi connectivity index (χ1n) is 6.91. The molecular formula is C16H19NO2. The van der Waals surface area contributed by atoms with Crippen molar-refractivity contribution < 1.29 is 9.15 Å². The van der Waals surface area contributed by atoms with E-state index in [1.54, 1.807) is 6.26 Å². The van der Waals surface area contributed by atoms with E-state index in [1.165, 1.54) is 18.4 Å². The van der Waals surface area contributed by atoms with Crippen molar-refractivity contribution in [1.29, 1.82) is 0 Å². The van der Waals surface area contributed by atoms with Crippen LogP contribution in [-0.2, 0) is 6.54 Å². The van der Waals surface area contributed by atoms with Crippen LogP contribution < -0.4 is 10.1 Å². The van der Waals surface area contributed by atoms with Gasteiger partial charge in [-0.1, -0.05) is 19.1 Å². The molecule has 0 radical (unpaired) electrons. The molecule has 1 saturated carbocycles. The Bertz CT molecular complexity index is 526. The van der Waals surface area contributed by atoms with Crippen LogP contribution in [0.3, 0.4) is 0 Å². The van der Waals surface area contributed by atoms with Crippen molar-refractivity contribution in [1.82, 2.24) is 5.32 Å². The Labute approximate surface area is 113 Å². The normalized spacial score (nSPS) is 14.6. The van der Waals surface area contributed by atoms with Gasteiger partial charge in [0.1, 0.15) is 11.5 Å². The summed E-state index contributed by atoms with van der Waals surface area (Å²) in [6.45, 7) is 3.79. The van der Waals surface area contributed by atoms with Crippen LogP contribution in [0, 0.1) is 0 Å². The van der Waals surface area contributed by atoms with E-state index < -0.39 is 0 Å². The highest BCUT2D eigenvalue weighted by atomic mass is 16.5. The van der Waals surface area contributed by atoms with Crippen molar-refractivity contribution in [3.05, 3.63) is 42.4 Å². The fraction of sp³-hybridized carbons (Fsp3) is 0.375. The van der Waals surface area contributed by atoms with Gasteiger partial charge in [0.05, 0.1) is 18.9 Å². The molecule has 1 aliphatic carbocycles. The van der Waals surface area contributed by atoms with Gasteiger partial charge < -0.3 is 14.5 Å². The molecule has 3 rings (SSSR count). The first kappa shape index (κ1) is 12.3. The van der Waals surface area contributed by atoms with Gasteiger partial charge in [-0.2, -0.15) is 0 Å². The topological polar surface area (TPSA) is 34.4 Å². The van der Waals surface area contributed by atoms with Crippen molar-refractivity contribution in [2.24, 2.45) is 0 Å². The molecule has 0 atom stereocenters. The molecule has 2 aromatic rings. The van der Waals surface area contributed by atoms with Crippen LogP contribution in [0.1, 0.15) is 25.5 Å². The molecule has 0 saturated heterocycles. The van der Waals surface area contributed by atoms with Gasteiger partial charge in [-0.15, -0.1) is 0 Å². The molecular weight excluding hydrogens is 238 g/mol. The Morgan fingerprint density at radius 2 is 2.00 bits per heavy atom. The number of furan rings is 1. The van der Waals surface area contributed by atoms with Gasteiger partial charge in [-0.05, 0) is 43.1 Å². The number of hydrogen-bond donors (Lipinski definition) is 1. The molecule has 0 amide bonds. The Hall–Kier alpha value is -1.74. The van der Waals surface area contributed by atoms with E-state index in [2.05, 4.69) is 24.4 Å². The Balaban J connectivity index is 1.75. The van der Waals surface area contributed by atoms with Crippen molar-refractivity contribution in [3.63, 3.8) is 0 Å². The molecule has 1 aromatic heterocycles. The smallest absolute Gasteiger partial charge is 0.125 e. The summed E-state index contributed by atoms with van der Waals surface area (Å²) in [6.07, 6.45) is 4.58. The zero-order chi connectivity index (χ0) is 13.1. The first-order chi connectivity index (χ1) is 9.36. The van der Waals surface area contributed by atoms with E-state index in [1.807, 2.05) is 18.2 Å². The van der Waals surface area contributed by atoms with E-state index in [0.29, 0.717) is 6.10 Å². The Kier molecular flexibility index (Phi) is 3.56. The lowest BCUT2D eigenvalue weighted by Crippen LogP contribution is -2.11.